The van der Waals surface area contributed by atoms with Gasteiger partial charge in [0.25, 0.3) is 0 Å². The van der Waals surface area contributed by atoms with Crippen LogP contribution in [-0.2, 0) is 0 Å². The summed E-state index contributed by atoms with van der Waals surface area (Å²) in [6.07, 6.45) is -0.467. The molecule has 0 aromatic carbocycles. The molecule has 3 N–H and O–H groups in total. The van der Waals surface area contributed by atoms with E-state index in [1.165, 1.54) is 11.8 Å². The van der Waals surface area contributed by atoms with E-state index in [-0.39, 0.29) is 22.4 Å². The highest BCUT2D eigenvalue weighted by Gasteiger charge is 2.25. The minimum absolute atomic E-state index is 0.0528. The largest absolute Gasteiger partial charge is 0.389 e. The first-order valence-electron chi connectivity index (χ1n) is 4.78. The van der Waals surface area contributed by atoms with Crippen molar-refractivity contribution in [2.75, 3.05) is 19.8 Å². The van der Waals surface area contributed by atoms with E-state index in [0.29, 0.717) is 5.16 Å². The number of aliphatic hydroxyl groups is 2. The SMILES string of the molecule is CNCC(O)C(O)c1c(Cl)nc(SC)nc1Cl. The zero-order valence-corrected chi connectivity index (χ0v) is 11.6. The molecule has 8 heteroatoms. The van der Waals surface area contributed by atoms with Crippen LogP contribution >= 0.6 is 35.0 Å². The summed E-state index contributed by atoms with van der Waals surface area (Å²) in [7, 11) is 1.66. The third-order valence-electron chi connectivity index (χ3n) is 2.09. The number of nitrogens with zero attached hydrogens (tertiary/aromatic N) is 2. The predicted molar refractivity (Wildman–Crippen MR) is 68.7 cm³/mol. The van der Waals surface area contributed by atoms with Crippen LogP contribution in [0.15, 0.2) is 5.16 Å². The minimum Gasteiger partial charge on any atom is -0.389 e. The summed E-state index contributed by atoms with van der Waals surface area (Å²) < 4.78 is 0. The predicted octanol–water partition coefficient (Wildman–Crippen LogP) is 1.12. The first kappa shape index (κ1) is 14.9. The molecule has 0 aliphatic carbocycles. The summed E-state index contributed by atoms with van der Waals surface area (Å²) in [5.41, 5.74) is 0.147. The smallest absolute Gasteiger partial charge is 0.190 e. The summed E-state index contributed by atoms with van der Waals surface area (Å²) in [5.74, 6) is 0. The Kier molecular flexibility index (Phi) is 5.91. The second-order valence-corrected chi connectivity index (χ2v) is 4.76. The monoisotopic (exact) mass is 297 g/mol. The third-order valence-corrected chi connectivity index (χ3v) is 3.21. The Morgan fingerprint density at radius 3 is 2.24 bits per heavy atom. The molecule has 1 rings (SSSR count). The van der Waals surface area contributed by atoms with Crippen molar-refractivity contribution in [3.05, 3.63) is 15.9 Å². The van der Waals surface area contributed by atoms with E-state index in [9.17, 15) is 10.2 Å². The molecule has 0 spiro atoms. The van der Waals surface area contributed by atoms with Gasteiger partial charge in [0.15, 0.2) is 5.16 Å². The van der Waals surface area contributed by atoms with E-state index in [2.05, 4.69) is 15.3 Å². The molecule has 96 valence electrons. The van der Waals surface area contributed by atoms with E-state index >= 15 is 0 Å². The summed E-state index contributed by atoms with van der Waals surface area (Å²) in [6.45, 7) is 0.206. The highest BCUT2D eigenvalue weighted by atomic mass is 35.5. The highest BCUT2D eigenvalue weighted by molar-refractivity contribution is 7.98. The highest BCUT2D eigenvalue weighted by Crippen LogP contribution is 2.31. The summed E-state index contributed by atoms with van der Waals surface area (Å²) >= 11 is 13.1. The van der Waals surface area contributed by atoms with E-state index in [1.807, 2.05) is 0 Å². The molecule has 0 bridgehead atoms. The molecule has 0 amide bonds. The van der Waals surface area contributed by atoms with Gasteiger partial charge in [-0.25, -0.2) is 9.97 Å². The van der Waals surface area contributed by atoms with Crippen LogP contribution < -0.4 is 5.32 Å². The second kappa shape index (κ2) is 6.72. The summed E-state index contributed by atoms with van der Waals surface area (Å²) in [6, 6.07) is 0. The first-order valence-corrected chi connectivity index (χ1v) is 6.77. The fraction of sp³-hybridized carbons (Fsp3) is 0.556. The van der Waals surface area contributed by atoms with E-state index < -0.39 is 12.2 Å². The standard InChI is InChI=1S/C9H13Cl2N3O2S/c1-12-3-4(15)6(16)5-7(10)13-9(17-2)14-8(5)11/h4,6,12,15-16H,3H2,1-2H3. The maximum Gasteiger partial charge on any atom is 0.190 e. The topological polar surface area (TPSA) is 78.3 Å². The quantitative estimate of drug-likeness (QED) is 0.429. The van der Waals surface area contributed by atoms with Gasteiger partial charge in [-0.2, -0.15) is 0 Å². The van der Waals surface area contributed by atoms with Crippen LogP contribution in [0.1, 0.15) is 11.7 Å². The number of aliphatic hydroxyl groups excluding tert-OH is 2. The fourth-order valence-corrected chi connectivity index (χ4v) is 2.32. The molecule has 17 heavy (non-hydrogen) atoms. The third kappa shape index (κ3) is 3.67. The fourth-order valence-electron chi connectivity index (χ4n) is 1.25. The van der Waals surface area contributed by atoms with Crippen molar-refractivity contribution in [1.82, 2.24) is 15.3 Å². The molecular weight excluding hydrogens is 285 g/mol. The number of halogens is 2. The zero-order chi connectivity index (χ0) is 13.0. The normalized spacial score (nSPS) is 14.7. The van der Waals surface area contributed by atoms with Crippen LogP contribution in [0.25, 0.3) is 0 Å². The maximum atomic E-state index is 9.90. The van der Waals surface area contributed by atoms with Gasteiger partial charge in [0.05, 0.1) is 11.7 Å². The number of aromatic nitrogens is 2. The van der Waals surface area contributed by atoms with Gasteiger partial charge in [-0.05, 0) is 13.3 Å². The van der Waals surface area contributed by atoms with Crippen LogP contribution in [0.5, 0.6) is 0 Å². The van der Waals surface area contributed by atoms with E-state index in [1.54, 1.807) is 13.3 Å². The second-order valence-electron chi connectivity index (χ2n) is 3.28. The molecule has 0 fully saturated rings. The molecule has 0 radical (unpaired) electrons. The van der Waals surface area contributed by atoms with Gasteiger partial charge in [-0.1, -0.05) is 35.0 Å². The number of hydrogen-bond acceptors (Lipinski definition) is 6. The number of rotatable bonds is 5. The van der Waals surface area contributed by atoms with Crippen molar-refractivity contribution in [1.29, 1.82) is 0 Å². The van der Waals surface area contributed by atoms with Crippen molar-refractivity contribution >= 4 is 35.0 Å². The van der Waals surface area contributed by atoms with Gasteiger partial charge < -0.3 is 15.5 Å². The molecule has 0 saturated heterocycles. The van der Waals surface area contributed by atoms with Crippen molar-refractivity contribution in [2.24, 2.45) is 0 Å². The van der Waals surface area contributed by atoms with Crippen LogP contribution in [0.4, 0.5) is 0 Å². The van der Waals surface area contributed by atoms with Crippen LogP contribution in [0.3, 0.4) is 0 Å². The Balaban J connectivity index is 3.05. The molecule has 0 saturated carbocycles. The number of nitrogens with one attached hydrogen (secondary N) is 1. The molecule has 5 nitrogen and oxygen atoms in total. The molecule has 2 unspecified atom stereocenters. The first-order chi connectivity index (χ1) is 8.01. The molecule has 2 atom stereocenters. The number of thioether (sulfide) groups is 1. The Morgan fingerprint density at radius 2 is 1.82 bits per heavy atom. The molecule has 0 aliphatic heterocycles. The lowest BCUT2D eigenvalue weighted by Gasteiger charge is -2.19. The average Bonchev–Trinajstić information content (AvgIpc) is 2.28. The van der Waals surface area contributed by atoms with Gasteiger partial charge in [0, 0.05) is 6.54 Å². The Hall–Kier alpha value is -0.110. The lowest BCUT2D eigenvalue weighted by molar-refractivity contribution is 0.0198. The number of hydrogen-bond donors (Lipinski definition) is 3. The van der Waals surface area contributed by atoms with Crippen molar-refractivity contribution in [3.63, 3.8) is 0 Å². The van der Waals surface area contributed by atoms with Gasteiger partial charge in [-0.3, -0.25) is 0 Å². The maximum absolute atomic E-state index is 9.90. The lowest BCUT2D eigenvalue weighted by Crippen LogP contribution is -2.30. The zero-order valence-electron chi connectivity index (χ0n) is 9.31. The minimum atomic E-state index is -1.22. The molecule has 0 aliphatic rings. The summed E-state index contributed by atoms with van der Waals surface area (Å²) in [4.78, 5) is 7.91. The van der Waals surface area contributed by atoms with Crippen LogP contribution in [0.2, 0.25) is 10.3 Å². The van der Waals surface area contributed by atoms with Gasteiger partial charge in [0.2, 0.25) is 0 Å². The lowest BCUT2D eigenvalue weighted by atomic mass is 10.1. The van der Waals surface area contributed by atoms with Gasteiger partial charge in [-0.15, -0.1) is 0 Å². The molecule has 1 aromatic rings. The van der Waals surface area contributed by atoms with E-state index in [0.717, 1.165) is 0 Å². The van der Waals surface area contributed by atoms with Gasteiger partial charge >= 0.3 is 0 Å². The Morgan fingerprint density at radius 1 is 1.29 bits per heavy atom. The molecule has 1 aromatic heterocycles. The Labute approximate surface area is 114 Å². The van der Waals surface area contributed by atoms with Crippen molar-refractivity contribution < 1.29 is 10.2 Å². The number of likely N-dealkylation sites (N-methyl/N-ethyl adjacent to an activating group) is 1. The molecular formula is C9H13Cl2N3O2S. The van der Waals surface area contributed by atoms with Gasteiger partial charge in [0.1, 0.15) is 16.4 Å². The van der Waals surface area contributed by atoms with Crippen LogP contribution in [0, 0.1) is 0 Å². The van der Waals surface area contributed by atoms with Crippen molar-refractivity contribution in [2.45, 2.75) is 17.4 Å². The van der Waals surface area contributed by atoms with Crippen LogP contribution in [-0.4, -0.2) is 46.1 Å². The average molecular weight is 298 g/mol. The molecule has 1 heterocycles. The van der Waals surface area contributed by atoms with E-state index in [4.69, 9.17) is 23.2 Å². The summed E-state index contributed by atoms with van der Waals surface area (Å²) in [5, 5.41) is 22.8. The van der Waals surface area contributed by atoms with Crippen molar-refractivity contribution in [3.8, 4) is 0 Å². The Bertz CT molecular complexity index is 371.